The zero-order valence-electron chi connectivity index (χ0n) is 12.2. The van der Waals surface area contributed by atoms with Crippen LogP contribution in [-0.2, 0) is 14.3 Å². The summed E-state index contributed by atoms with van der Waals surface area (Å²) in [6, 6.07) is 7.74. The molecule has 0 aliphatic carbocycles. The number of nitrogens with two attached hydrogens (primary N) is 1. The Balaban J connectivity index is 2.87. The van der Waals surface area contributed by atoms with E-state index in [1.807, 2.05) is 0 Å². The summed E-state index contributed by atoms with van der Waals surface area (Å²) in [5.41, 5.74) is 5.82. The highest BCUT2D eigenvalue weighted by Gasteiger charge is 2.27. The number of amides is 2. The number of carbonyl (C=O) groups excluding carboxylic acids is 3. The summed E-state index contributed by atoms with van der Waals surface area (Å²) in [6.07, 6.45) is 0.257. The second kappa shape index (κ2) is 8.16. The first-order valence-corrected chi connectivity index (χ1v) is 6.61. The van der Waals surface area contributed by atoms with E-state index in [0.29, 0.717) is 5.56 Å². The Morgan fingerprint density at radius 1 is 1.24 bits per heavy atom. The molecule has 114 valence electrons. The monoisotopic (exact) mass is 292 g/mol. The van der Waals surface area contributed by atoms with Crippen LogP contribution in [-0.4, -0.2) is 48.8 Å². The third kappa shape index (κ3) is 5.00. The molecule has 6 nitrogen and oxygen atoms in total. The molecule has 21 heavy (non-hydrogen) atoms. The van der Waals surface area contributed by atoms with Crippen LogP contribution in [0.1, 0.15) is 23.7 Å². The molecule has 1 aromatic rings. The van der Waals surface area contributed by atoms with E-state index in [9.17, 15) is 14.4 Å². The Morgan fingerprint density at radius 2 is 1.86 bits per heavy atom. The number of primary amides is 1. The topological polar surface area (TPSA) is 89.7 Å². The van der Waals surface area contributed by atoms with Gasteiger partial charge in [0.2, 0.25) is 11.8 Å². The van der Waals surface area contributed by atoms with Crippen molar-refractivity contribution in [3.63, 3.8) is 0 Å². The van der Waals surface area contributed by atoms with Crippen LogP contribution < -0.4 is 5.73 Å². The number of hydrogen-bond donors (Lipinski definition) is 1. The predicted octanol–water partition coefficient (Wildman–Crippen LogP) is 0.608. The number of benzene rings is 1. The molecular formula is C15H20N2O4. The summed E-state index contributed by atoms with van der Waals surface area (Å²) < 4.78 is 4.91. The van der Waals surface area contributed by atoms with Gasteiger partial charge in [0.15, 0.2) is 5.78 Å². The van der Waals surface area contributed by atoms with Crippen LogP contribution in [0.2, 0.25) is 0 Å². The summed E-state index contributed by atoms with van der Waals surface area (Å²) in [7, 11) is 1.49. The molecule has 1 aromatic carbocycles. The van der Waals surface area contributed by atoms with Crippen molar-refractivity contribution in [3.8, 4) is 0 Å². The van der Waals surface area contributed by atoms with Gasteiger partial charge in [0.1, 0.15) is 6.04 Å². The van der Waals surface area contributed by atoms with E-state index in [1.54, 1.807) is 30.3 Å². The molecule has 0 fully saturated rings. The van der Waals surface area contributed by atoms with Gasteiger partial charge in [-0.25, -0.2) is 0 Å². The van der Waals surface area contributed by atoms with Crippen LogP contribution in [0.3, 0.4) is 0 Å². The highest BCUT2D eigenvalue weighted by molar-refractivity contribution is 6.00. The normalized spacial score (nSPS) is 11.7. The molecule has 0 saturated heterocycles. The summed E-state index contributed by atoms with van der Waals surface area (Å²) in [5.74, 6) is -1.27. The quantitative estimate of drug-likeness (QED) is 0.711. The van der Waals surface area contributed by atoms with Gasteiger partial charge >= 0.3 is 0 Å². The molecule has 0 aliphatic heterocycles. The molecule has 2 amide bonds. The standard InChI is InChI=1S/C15H20N2O4/c1-11(18)17(13(15(16)20)8-9-21-2)10-14(19)12-6-4-3-5-7-12/h3-7,13H,8-10H2,1-2H3,(H2,16,20). The van der Waals surface area contributed by atoms with Gasteiger partial charge in [-0.3, -0.25) is 14.4 Å². The summed E-state index contributed by atoms with van der Waals surface area (Å²) >= 11 is 0. The largest absolute Gasteiger partial charge is 0.385 e. The molecule has 0 heterocycles. The number of methoxy groups -OCH3 is 1. The molecule has 0 bridgehead atoms. The van der Waals surface area contributed by atoms with Crippen molar-refractivity contribution in [1.29, 1.82) is 0 Å². The smallest absolute Gasteiger partial charge is 0.240 e. The molecule has 0 aliphatic rings. The Labute approximate surface area is 123 Å². The van der Waals surface area contributed by atoms with Crippen molar-refractivity contribution in [1.82, 2.24) is 4.90 Å². The third-order valence-electron chi connectivity index (χ3n) is 3.11. The van der Waals surface area contributed by atoms with Crippen LogP contribution >= 0.6 is 0 Å². The van der Waals surface area contributed by atoms with Gasteiger partial charge in [0.05, 0.1) is 6.54 Å². The number of ether oxygens (including phenoxy) is 1. The number of hydrogen-bond acceptors (Lipinski definition) is 4. The lowest BCUT2D eigenvalue weighted by Crippen LogP contribution is -2.49. The van der Waals surface area contributed by atoms with Crippen molar-refractivity contribution in [2.75, 3.05) is 20.3 Å². The van der Waals surface area contributed by atoms with Crippen LogP contribution in [0.25, 0.3) is 0 Å². The SMILES string of the molecule is COCCC(C(N)=O)N(CC(=O)c1ccccc1)C(C)=O. The number of rotatable bonds is 8. The van der Waals surface area contributed by atoms with Crippen molar-refractivity contribution < 1.29 is 19.1 Å². The Hall–Kier alpha value is -2.21. The fourth-order valence-electron chi connectivity index (χ4n) is 1.99. The molecule has 0 radical (unpaired) electrons. The van der Waals surface area contributed by atoms with Crippen LogP contribution in [0.4, 0.5) is 0 Å². The number of Topliss-reactive ketones (excluding diaryl/α,β-unsaturated/α-hetero) is 1. The number of carbonyl (C=O) groups is 3. The van der Waals surface area contributed by atoms with Crippen molar-refractivity contribution in [3.05, 3.63) is 35.9 Å². The first kappa shape index (κ1) is 16.8. The van der Waals surface area contributed by atoms with Gasteiger partial charge in [-0.2, -0.15) is 0 Å². The summed E-state index contributed by atoms with van der Waals surface area (Å²) in [6.45, 7) is 1.40. The first-order valence-electron chi connectivity index (χ1n) is 6.61. The van der Waals surface area contributed by atoms with E-state index in [0.717, 1.165) is 0 Å². The highest BCUT2D eigenvalue weighted by atomic mass is 16.5. The van der Waals surface area contributed by atoms with E-state index in [2.05, 4.69) is 0 Å². The first-order chi connectivity index (χ1) is 9.97. The minimum absolute atomic E-state index is 0.184. The minimum Gasteiger partial charge on any atom is -0.385 e. The molecule has 2 N–H and O–H groups in total. The molecule has 1 unspecified atom stereocenters. The van der Waals surface area contributed by atoms with E-state index in [1.165, 1.54) is 18.9 Å². The van der Waals surface area contributed by atoms with Gasteiger partial charge in [-0.1, -0.05) is 30.3 Å². The molecule has 6 heteroatoms. The number of ketones is 1. The average molecular weight is 292 g/mol. The summed E-state index contributed by atoms with van der Waals surface area (Å²) in [4.78, 5) is 36.6. The van der Waals surface area contributed by atoms with Crippen LogP contribution in [0.5, 0.6) is 0 Å². The Kier molecular flexibility index (Phi) is 6.55. The lowest BCUT2D eigenvalue weighted by Gasteiger charge is -2.28. The lowest BCUT2D eigenvalue weighted by atomic mass is 10.1. The molecular weight excluding hydrogens is 272 g/mol. The van der Waals surface area contributed by atoms with Gasteiger partial charge in [0.25, 0.3) is 0 Å². The highest BCUT2D eigenvalue weighted by Crippen LogP contribution is 2.09. The average Bonchev–Trinajstić information content (AvgIpc) is 2.46. The van der Waals surface area contributed by atoms with E-state index < -0.39 is 11.9 Å². The van der Waals surface area contributed by atoms with Crippen molar-refractivity contribution >= 4 is 17.6 Å². The number of nitrogens with zero attached hydrogens (tertiary/aromatic N) is 1. The molecule has 0 aromatic heterocycles. The van der Waals surface area contributed by atoms with E-state index in [4.69, 9.17) is 10.5 Å². The van der Waals surface area contributed by atoms with Crippen LogP contribution in [0.15, 0.2) is 30.3 Å². The van der Waals surface area contributed by atoms with Gasteiger partial charge in [0, 0.05) is 32.6 Å². The maximum Gasteiger partial charge on any atom is 0.240 e. The van der Waals surface area contributed by atoms with Gasteiger partial charge < -0.3 is 15.4 Å². The van der Waals surface area contributed by atoms with E-state index >= 15 is 0 Å². The second-order valence-electron chi connectivity index (χ2n) is 4.64. The van der Waals surface area contributed by atoms with Crippen LogP contribution in [0, 0.1) is 0 Å². The zero-order chi connectivity index (χ0) is 15.8. The predicted molar refractivity (Wildman–Crippen MR) is 77.6 cm³/mol. The van der Waals surface area contributed by atoms with Gasteiger partial charge in [-0.15, -0.1) is 0 Å². The third-order valence-corrected chi connectivity index (χ3v) is 3.11. The van der Waals surface area contributed by atoms with Crippen molar-refractivity contribution in [2.24, 2.45) is 5.73 Å². The zero-order valence-corrected chi connectivity index (χ0v) is 12.2. The van der Waals surface area contributed by atoms with E-state index in [-0.39, 0.29) is 31.3 Å². The van der Waals surface area contributed by atoms with Gasteiger partial charge in [-0.05, 0) is 0 Å². The summed E-state index contributed by atoms with van der Waals surface area (Å²) in [5, 5.41) is 0. The molecule has 1 atom stereocenters. The fourth-order valence-corrected chi connectivity index (χ4v) is 1.99. The Bertz CT molecular complexity index is 502. The fraction of sp³-hybridized carbons (Fsp3) is 0.400. The second-order valence-corrected chi connectivity index (χ2v) is 4.64. The molecule has 0 saturated carbocycles. The van der Waals surface area contributed by atoms with Crippen molar-refractivity contribution in [2.45, 2.75) is 19.4 Å². The maximum atomic E-state index is 12.2. The molecule has 0 spiro atoms. The minimum atomic E-state index is -0.852. The maximum absolute atomic E-state index is 12.2. The molecule has 1 rings (SSSR count). The lowest BCUT2D eigenvalue weighted by molar-refractivity contribution is -0.137. The Morgan fingerprint density at radius 3 is 2.33 bits per heavy atom.